The smallest absolute Gasteiger partial charge is 0.256 e. The SMILES string of the molecule is Cc1cc(N2CCC(CC3CCN(C(=O)C(O)c4cc(Cl)cc(Cl)c4)CC3)CC2)ccc1C=O. The molecule has 0 aromatic heterocycles. The summed E-state index contributed by atoms with van der Waals surface area (Å²) in [6.07, 6.45) is 5.16. The quantitative estimate of drug-likeness (QED) is 0.515. The van der Waals surface area contributed by atoms with Crippen LogP contribution in [0.3, 0.4) is 0 Å². The first-order valence-electron chi connectivity index (χ1n) is 12.1. The number of hydrogen-bond acceptors (Lipinski definition) is 4. The number of aliphatic hydroxyl groups is 1. The van der Waals surface area contributed by atoms with Crippen molar-refractivity contribution >= 4 is 41.1 Å². The Morgan fingerprint density at radius 3 is 2.15 bits per heavy atom. The van der Waals surface area contributed by atoms with Crippen LogP contribution in [-0.2, 0) is 4.79 Å². The molecule has 2 heterocycles. The molecule has 0 bridgehead atoms. The molecule has 0 saturated carbocycles. The van der Waals surface area contributed by atoms with Gasteiger partial charge >= 0.3 is 0 Å². The third-order valence-electron chi connectivity index (χ3n) is 7.39. The lowest BCUT2D eigenvalue weighted by atomic mass is 9.82. The summed E-state index contributed by atoms with van der Waals surface area (Å²) in [5.74, 6) is 1.05. The topological polar surface area (TPSA) is 60.9 Å². The van der Waals surface area contributed by atoms with E-state index in [9.17, 15) is 14.7 Å². The maximum atomic E-state index is 12.8. The second kappa shape index (κ2) is 11.1. The van der Waals surface area contributed by atoms with Gasteiger partial charge in [-0.05, 0) is 98.4 Å². The normalized spacial score (nSPS) is 18.7. The lowest BCUT2D eigenvalue weighted by Gasteiger charge is -2.38. The zero-order chi connectivity index (χ0) is 24.2. The predicted octanol–water partition coefficient (Wildman–Crippen LogP) is 5.69. The second-order valence-corrected chi connectivity index (χ2v) is 10.6. The van der Waals surface area contributed by atoms with Crippen LogP contribution in [0.5, 0.6) is 0 Å². The lowest BCUT2D eigenvalue weighted by Crippen LogP contribution is -2.42. The van der Waals surface area contributed by atoms with Gasteiger partial charge in [0.05, 0.1) is 0 Å². The summed E-state index contributed by atoms with van der Waals surface area (Å²) in [4.78, 5) is 28.1. The highest BCUT2D eigenvalue weighted by molar-refractivity contribution is 6.34. The van der Waals surface area contributed by atoms with Crippen molar-refractivity contribution in [3.63, 3.8) is 0 Å². The Labute approximate surface area is 211 Å². The van der Waals surface area contributed by atoms with E-state index in [1.807, 2.05) is 13.0 Å². The number of piperidine rings is 2. The molecule has 1 N–H and O–H groups in total. The summed E-state index contributed by atoms with van der Waals surface area (Å²) in [5.41, 5.74) is 3.42. The summed E-state index contributed by atoms with van der Waals surface area (Å²) < 4.78 is 0. The molecule has 2 aromatic rings. The number of carbonyl (C=O) groups is 2. The molecule has 1 amide bonds. The van der Waals surface area contributed by atoms with E-state index < -0.39 is 6.10 Å². The van der Waals surface area contributed by atoms with Gasteiger partial charge in [-0.2, -0.15) is 0 Å². The average Bonchev–Trinajstić information content (AvgIpc) is 2.83. The van der Waals surface area contributed by atoms with Crippen LogP contribution in [0.1, 0.15) is 59.7 Å². The minimum atomic E-state index is -1.23. The van der Waals surface area contributed by atoms with Crippen molar-refractivity contribution in [2.24, 2.45) is 11.8 Å². The fraction of sp³-hybridized carbons (Fsp3) is 0.481. The molecule has 2 aliphatic heterocycles. The highest BCUT2D eigenvalue weighted by atomic mass is 35.5. The number of rotatable bonds is 6. The number of anilines is 1. The Hall–Kier alpha value is -2.08. The molecule has 1 unspecified atom stereocenters. The number of aldehydes is 1. The van der Waals surface area contributed by atoms with E-state index in [2.05, 4.69) is 17.0 Å². The van der Waals surface area contributed by atoms with Gasteiger partial charge in [-0.25, -0.2) is 0 Å². The molecule has 34 heavy (non-hydrogen) atoms. The molecule has 0 aliphatic carbocycles. The van der Waals surface area contributed by atoms with Crippen LogP contribution in [0.15, 0.2) is 36.4 Å². The van der Waals surface area contributed by atoms with Crippen molar-refractivity contribution in [3.05, 3.63) is 63.1 Å². The first kappa shape index (κ1) is 25.0. The van der Waals surface area contributed by atoms with Gasteiger partial charge in [0.1, 0.15) is 6.29 Å². The number of hydrogen-bond donors (Lipinski definition) is 1. The zero-order valence-electron chi connectivity index (χ0n) is 19.6. The maximum absolute atomic E-state index is 12.8. The predicted molar refractivity (Wildman–Crippen MR) is 137 cm³/mol. The largest absolute Gasteiger partial charge is 0.378 e. The summed E-state index contributed by atoms with van der Waals surface area (Å²) in [6, 6.07) is 10.8. The summed E-state index contributed by atoms with van der Waals surface area (Å²) in [7, 11) is 0. The van der Waals surface area contributed by atoms with Crippen LogP contribution in [0.2, 0.25) is 10.0 Å². The Balaban J connectivity index is 1.23. The van der Waals surface area contributed by atoms with E-state index in [-0.39, 0.29) is 5.91 Å². The standard InChI is InChI=1S/C27H32Cl2N2O3/c1-18-12-25(3-2-21(18)17-32)30-8-4-19(5-9-30)13-20-6-10-31(11-7-20)27(34)26(33)22-14-23(28)16-24(29)15-22/h2-3,12,14-17,19-20,26,33H,4-11,13H2,1H3. The molecule has 4 rings (SSSR count). The number of carbonyl (C=O) groups excluding carboxylic acids is 2. The van der Waals surface area contributed by atoms with Gasteiger partial charge in [0.25, 0.3) is 5.91 Å². The Kier molecular flexibility index (Phi) is 8.18. The molecule has 1 atom stereocenters. The number of nitrogens with zero attached hydrogens (tertiary/aromatic N) is 2. The molecule has 2 saturated heterocycles. The zero-order valence-corrected chi connectivity index (χ0v) is 21.1. The average molecular weight is 503 g/mol. The minimum absolute atomic E-state index is 0.277. The number of aryl methyl sites for hydroxylation is 1. The summed E-state index contributed by atoms with van der Waals surface area (Å²) >= 11 is 12.0. The van der Waals surface area contributed by atoms with Crippen molar-refractivity contribution in [1.29, 1.82) is 0 Å². The number of halogens is 2. The number of amides is 1. The number of aliphatic hydroxyl groups excluding tert-OH is 1. The molecule has 2 aliphatic rings. The van der Waals surface area contributed by atoms with E-state index in [0.29, 0.717) is 40.5 Å². The van der Waals surface area contributed by atoms with Gasteiger partial charge in [0.2, 0.25) is 0 Å². The first-order valence-corrected chi connectivity index (χ1v) is 12.8. The minimum Gasteiger partial charge on any atom is -0.378 e. The van der Waals surface area contributed by atoms with Gasteiger partial charge in [-0.1, -0.05) is 23.2 Å². The lowest BCUT2D eigenvalue weighted by molar-refractivity contribution is -0.142. The number of likely N-dealkylation sites (tertiary alicyclic amines) is 1. The molecule has 0 radical (unpaired) electrons. The van der Waals surface area contributed by atoms with Gasteiger partial charge < -0.3 is 14.9 Å². The molecule has 2 fully saturated rings. The summed E-state index contributed by atoms with van der Waals surface area (Å²) in [5, 5.41) is 11.4. The molecule has 2 aromatic carbocycles. The van der Waals surface area contributed by atoms with Crippen LogP contribution in [0.4, 0.5) is 5.69 Å². The molecule has 7 heteroatoms. The van der Waals surface area contributed by atoms with Gasteiger partial charge in [-0.15, -0.1) is 0 Å². The third-order valence-corrected chi connectivity index (χ3v) is 7.82. The molecule has 5 nitrogen and oxygen atoms in total. The second-order valence-electron chi connectivity index (χ2n) is 9.70. The Morgan fingerprint density at radius 1 is 1.00 bits per heavy atom. The van der Waals surface area contributed by atoms with Crippen LogP contribution >= 0.6 is 23.2 Å². The fourth-order valence-corrected chi connectivity index (χ4v) is 5.87. The van der Waals surface area contributed by atoms with Crippen LogP contribution in [0.25, 0.3) is 0 Å². The van der Waals surface area contributed by atoms with E-state index >= 15 is 0 Å². The van der Waals surface area contributed by atoms with Crippen LogP contribution in [0, 0.1) is 18.8 Å². The summed E-state index contributed by atoms with van der Waals surface area (Å²) in [6.45, 7) is 5.42. The molecule has 0 spiro atoms. The first-order chi connectivity index (χ1) is 16.3. The van der Waals surface area contributed by atoms with Crippen LogP contribution < -0.4 is 4.90 Å². The van der Waals surface area contributed by atoms with Crippen molar-refractivity contribution in [2.45, 2.75) is 45.1 Å². The van der Waals surface area contributed by atoms with E-state index in [0.717, 1.165) is 43.3 Å². The van der Waals surface area contributed by atoms with Gasteiger partial charge in [0.15, 0.2) is 6.10 Å². The van der Waals surface area contributed by atoms with E-state index in [4.69, 9.17) is 23.2 Å². The Bertz CT molecular complexity index is 1010. The molecular weight excluding hydrogens is 471 g/mol. The third kappa shape index (κ3) is 5.94. The van der Waals surface area contributed by atoms with Crippen molar-refractivity contribution in [2.75, 3.05) is 31.1 Å². The van der Waals surface area contributed by atoms with Gasteiger partial charge in [0, 0.05) is 47.5 Å². The monoisotopic (exact) mass is 502 g/mol. The Morgan fingerprint density at radius 2 is 1.59 bits per heavy atom. The van der Waals surface area contributed by atoms with Crippen molar-refractivity contribution < 1.29 is 14.7 Å². The number of benzene rings is 2. The van der Waals surface area contributed by atoms with Crippen LogP contribution in [-0.4, -0.2) is 48.4 Å². The van der Waals surface area contributed by atoms with Gasteiger partial charge in [-0.3, -0.25) is 9.59 Å². The van der Waals surface area contributed by atoms with Crippen molar-refractivity contribution in [3.8, 4) is 0 Å². The highest BCUT2D eigenvalue weighted by Gasteiger charge is 2.30. The van der Waals surface area contributed by atoms with E-state index in [1.54, 1.807) is 23.1 Å². The van der Waals surface area contributed by atoms with E-state index in [1.165, 1.54) is 24.9 Å². The van der Waals surface area contributed by atoms with Crippen molar-refractivity contribution in [1.82, 2.24) is 4.90 Å². The molecule has 182 valence electrons. The highest BCUT2D eigenvalue weighted by Crippen LogP contribution is 2.33. The fourth-order valence-electron chi connectivity index (χ4n) is 5.32. The maximum Gasteiger partial charge on any atom is 0.256 e. The molecular formula is C27H32Cl2N2O3.